The number of para-hydroxylation sites is 2. The molecule has 354 valence electrons. The van der Waals surface area contributed by atoms with E-state index in [0.29, 0.717) is 0 Å². The average molecular weight is 926 g/mol. The molecule has 0 fully saturated rings. The Morgan fingerprint density at radius 3 is 1.54 bits per heavy atom. The van der Waals surface area contributed by atoms with Gasteiger partial charge >= 0.3 is 0 Å². The summed E-state index contributed by atoms with van der Waals surface area (Å²) in [7, 11) is 0. The van der Waals surface area contributed by atoms with Gasteiger partial charge in [-0.15, -0.1) is 0 Å². The molecule has 4 heteroatoms. The van der Waals surface area contributed by atoms with Crippen LogP contribution in [-0.4, -0.2) is 6.71 Å². The van der Waals surface area contributed by atoms with Crippen molar-refractivity contribution in [2.24, 2.45) is 0 Å². The molecule has 3 nitrogen and oxygen atoms in total. The molecule has 0 saturated carbocycles. The van der Waals surface area contributed by atoms with Crippen molar-refractivity contribution in [2.75, 3.05) is 14.7 Å². The smallest absolute Gasteiger partial charge is 0.252 e. The van der Waals surface area contributed by atoms with Crippen molar-refractivity contribution in [1.29, 1.82) is 0 Å². The fraction of sp³-hybridized carbons (Fsp3) is 0.284. The van der Waals surface area contributed by atoms with Crippen molar-refractivity contribution in [1.82, 2.24) is 0 Å². The molecular weight excluding hydrogens is 858 g/mol. The number of benzene rings is 8. The van der Waals surface area contributed by atoms with Gasteiger partial charge in [0.2, 0.25) is 0 Å². The number of anilines is 9. The topological polar surface area (TPSA) is 9.72 Å². The van der Waals surface area contributed by atoms with E-state index in [-0.39, 0.29) is 33.8 Å². The zero-order chi connectivity index (χ0) is 49.6. The summed E-state index contributed by atoms with van der Waals surface area (Å²) in [6.07, 6.45) is 2.31. The van der Waals surface area contributed by atoms with Crippen LogP contribution in [0.4, 0.5) is 51.2 Å². The minimum absolute atomic E-state index is 0.0161. The van der Waals surface area contributed by atoms with Gasteiger partial charge in [-0.05, 0) is 174 Å². The van der Waals surface area contributed by atoms with Crippen LogP contribution in [0.5, 0.6) is 0 Å². The highest BCUT2D eigenvalue weighted by Gasteiger charge is 2.48. The van der Waals surface area contributed by atoms with Crippen molar-refractivity contribution in [3.8, 4) is 11.1 Å². The number of hydrogen-bond acceptors (Lipinski definition) is 3. The summed E-state index contributed by atoms with van der Waals surface area (Å²) in [4.78, 5) is 7.71. The van der Waals surface area contributed by atoms with Crippen LogP contribution in [0.3, 0.4) is 0 Å². The van der Waals surface area contributed by atoms with Gasteiger partial charge in [-0.25, -0.2) is 0 Å². The molecule has 4 aliphatic rings. The summed E-state index contributed by atoms with van der Waals surface area (Å²) in [5.74, 6) is 0. The molecule has 0 bridgehead atoms. The standard InChI is InChI=1S/C67H68BN3/c1-63(2,3)43-27-29-47(30-28-43)70-58-40-49(69(45-21-15-13-16-22-45)46-23-17-14-18-24-46)32-34-56(58)68-57-41-54-55(66(9,10)36-35-65(54,7)8)42-59(57)71(61-38-44(64(4,5)6)37-60(70)62(61)68)48-31-33-51-50-25-19-20-26-52(50)67(11,12)53(51)39-48/h13-34,37-42H,35-36H2,1-12H3. The lowest BCUT2D eigenvalue weighted by Crippen LogP contribution is -2.62. The van der Waals surface area contributed by atoms with Crippen molar-refractivity contribution < 1.29 is 0 Å². The summed E-state index contributed by atoms with van der Waals surface area (Å²) < 4.78 is 0. The number of fused-ring (bicyclic) bond motifs is 8. The minimum atomic E-state index is -0.141. The van der Waals surface area contributed by atoms with Crippen molar-refractivity contribution >= 4 is 74.3 Å². The lowest BCUT2D eigenvalue weighted by Gasteiger charge is -2.48. The lowest BCUT2D eigenvalue weighted by molar-refractivity contribution is 0.332. The molecule has 2 aliphatic heterocycles. The Bertz CT molecular complexity index is 3380. The van der Waals surface area contributed by atoms with Gasteiger partial charge in [-0.1, -0.05) is 174 Å². The normalized spacial score (nSPS) is 16.6. The maximum atomic E-state index is 2.68. The van der Waals surface area contributed by atoms with E-state index in [1.807, 2.05) is 0 Å². The van der Waals surface area contributed by atoms with E-state index in [4.69, 9.17) is 0 Å². The van der Waals surface area contributed by atoms with E-state index >= 15 is 0 Å². The zero-order valence-electron chi connectivity index (χ0n) is 44.0. The Hall–Kier alpha value is -6.78. The molecule has 0 radical (unpaired) electrons. The molecule has 2 aliphatic carbocycles. The number of hydrogen-bond donors (Lipinski definition) is 0. The van der Waals surface area contributed by atoms with Gasteiger partial charge in [0.1, 0.15) is 0 Å². The summed E-state index contributed by atoms with van der Waals surface area (Å²) >= 11 is 0. The Balaban J connectivity index is 1.19. The molecule has 0 amide bonds. The van der Waals surface area contributed by atoms with Crippen molar-refractivity contribution in [2.45, 2.75) is 123 Å². The zero-order valence-corrected chi connectivity index (χ0v) is 44.0. The van der Waals surface area contributed by atoms with Crippen LogP contribution >= 0.6 is 0 Å². The molecule has 0 atom stereocenters. The highest BCUT2D eigenvalue weighted by atomic mass is 15.2. The molecular formula is C67H68BN3. The first-order chi connectivity index (χ1) is 33.7. The van der Waals surface area contributed by atoms with Crippen LogP contribution in [0, 0.1) is 0 Å². The second kappa shape index (κ2) is 15.6. The monoisotopic (exact) mass is 926 g/mol. The third-order valence-electron chi connectivity index (χ3n) is 17.0. The first-order valence-electron chi connectivity index (χ1n) is 26.1. The van der Waals surface area contributed by atoms with Crippen LogP contribution < -0.4 is 31.1 Å². The molecule has 71 heavy (non-hydrogen) atoms. The van der Waals surface area contributed by atoms with E-state index in [1.54, 1.807) is 0 Å². The second-order valence-corrected chi connectivity index (χ2v) is 25.0. The summed E-state index contributed by atoms with van der Waals surface area (Å²) in [6.45, 7) is 28.8. The first-order valence-corrected chi connectivity index (χ1v) is 26.1. The van der Waals surface area contributed by atoms with Gasteiger partial charge in [0.25, 0.3) is 6.71 Å². The van der Waals surface area contributed by atoms with E-state index in [0.717, 1.165) is 35.6 Å². The van der Waals surface area contributed by atoms with Gasteiger partial charge in [0.15, 0.2) is 0 Å². The summed E-state index contributed by atoms with van der Waals surface area (Å²) in [5, 5.41) is 0. The van der Waals surface area contributed by atoms with Gasteiger partial charge in [0.05, 0.1) is 0 Å². The lowest BCUT2D eigenvalue weighted by atomic mass is 9.33. The molecule has 0 spiro atoms. The summed E-state index contributed by atoms with van der Waals surface area (Å²) in [5.41, 5.74) is 25.8. The Kier molecular flexibility index (Phi) is 9.98. The Morgan fingerprint density at radius 2 is 0.930 bits per heavy atom. The highest BCUT2D eigenvalue weighted by molar-refractivity contribution is 7.00. The van der Waals surface area contributed by atoms with Crippen molar-refractivity contribution in [3.63, 3.8) is 0 Å². The number of rotatable bonds is 5. The molecule has 0 unspecified atom stereocenters. The van der Waals surface area contributed by atoms with Crippen LogP contribution in [0.25, 0.3) is 11.1 Å². The Labute approximate surface area is 424 Å². The third-order valence-corrected chi connectivity index (χ3v) is 17.0. The molecule has 0 saturated heterocycles. The Morgan fingerprint density at radius 1 is 0.408 bits per heavy atom. The maximum Gasteiger partial charge on any atom is 0.252 e. The molecule has 0 N–H and O–H groups in total. The van der Waals surface area contributed by atoms with E-state index in [1.165, 1.54) is 89.3 Å². The first kappa shape index (κ1) is 45.4. The molecule has 8 aromatic rings. The van der Waals surface area contributed by atoms with Crippen LogP contribution in [-0.2, 0) is 27.1 Å². The fourth-order valence-corrected chi connectivity index (χ4v) is 12.7. The van der Waals surface area contributed by atoms with Crippen LogP contribution in [0.2, 0.25) is 0 Å². The second-order valence-electron chi connectivity index (χ2n) is 25.0. The summed E-state index contributed by atoms with van der Waals surface area (Å²) in [6, 6.07) is 65.3. The van der Waals surface area contributed by atoms with Gasteiger partial charge in [-0.3, -0.25) is 0 Å². The predicted octanol–water partition coefficient (Wildman–Crippen LogP) is 16.5. The van der Waals surface area contributed by atoms with Crippen LogP contribution in [0.15, 0.2) is 170 Å². The fourth-order valence-electron chi connectivity index (χ4n) is 12.7. The molecule has 2 heterocycles. The van der Waals surface area contributed by atoms with E-state index < -0.39 is 0 Å². The van der Waals surface area contributed by atoms with E-state index in [2.05, 4.69) is 268 Å². The largest absolute Gasteiger partial charge is 0.311 e. The molecule has 8 aromatic carbocycles. The minimum Gasteiger partial charge on any atom is -0.311 e. The molecule has 12 rings (SSSR count). The average Bonchev–Trinajstić information content (AvgIpc) is 3.57. The SMILES string of the molecule is CC(C)(C)c1ccc(N2c3cc(N(c4ccccc4)c4ccccc4)ccc3B3c4cc5c(cc4N(c4ccc6c(c4)C(C)(C)c4ccccc4-6)c4cc(C(C)(C)C)cc2c43)C(C)(C)CCC5(C)C)cc1. The van der Waals surface area contributed by atoms with Gasteiger partial charge < -0.3 is 14.7 Å². The van der Waals surface area contributed by atoms with Gasteiger partial charge in [0, 0.05) is 56.6 Å². The van der Waals surface area contributed by atoms with Gasteiger partial charge in [-0.2, -0.15) is 0 Å². The number of nitrogens with zero attached hydrogens (tertiary/aromatic N) is 3. The van der Waals surface area contributed by atoms with E-state index in [9.17, 15) is 0 Å². The quantitative estimate of drug-likeness (QED) is 0.159. The molecule has 0 aromatic heterocycles. The maximum absolute atomic E-state index is 2.68. The third kappa shape index (κ3) is 7.06. The highest BCUT2D eigenvalue weighted by Crippen LogP contribution is 2.54. The van der Waals surface area contributed by atoms with Crippen molar-refractivity contribution in [3.05, 3.63) is 203 Å². The van der Waals surface area contributed by atoms with Crippen LogP contribution in [0.1, 0.15) is 129 Å². The predicted molar refractivity (Wildman–Crippen MR) is 305 cm³/mol.